The van der Waals surface area contributed by atoms with Crippen LogP contribution in [-0.4, -0.2) is 20.3 Å². The van der Waals surface area contributed by atoms with Gasteiger partial charge in [-0.1, -0.05) is 42.5 Å². The van der Waals surface area contributed by atoms with Crippen LogP contribution >= 0.6 is 14.4 Å². The van der Waals surface area contributed by atoms with Crippen LogP contribution in [0, 0.1) is 0 Å². The fourth-order valence-corrected chi connectivity index (χ4v) is 15.5. The Balaban J connectivity index is 1.03. The van der Waals surface area contributed by atoms with Gasteiger partial charge in [0.15, 0.2) is 0 Å². The van der Waals surface area contributed by atoms with Gasteiger partial charge >= 0.3 is 252 Å². The summed E-state index contributed by atoms with van der Waals surface area (Å²) in [6.07, 6.45) is 2.05. The number of ether oxygens (including phenoxy) is 1. The molecule has 0 N–H and O–H groups in total. The van der Waals surface area contributed by atoms with Gasteiger partial charge < -0.3 is 0 Å². The van der Waals surface area contributed by atoms with Gasteiger partial charge in [0.1, 0.15) is 0 Å². The molecule has 1 nitrogen and oxygen atoms in total. The van der Waals surface area contributed by atoms with Gasteiger partial charge in [0.2, 0.25) is 0 Å². The molecular formula is C49H43BOP2. The van der Waals surface area contributed by atoms with Gasteiger partial charge in [-0.3, -0.25) is 0 Å². The Hall–Kier alpha value is -5.26. The first-order valence-corrected chi connectivity index (χ1v) is 21.8. The van der Waals surface area contributed by atoms with Crippen molar-refractivity contribution in [3.05, 3.63) is 200 Å². The topological polar surface area (TPSA) is 9.23 Å². The molecule has 9 aromatic rings. The first-order valence-electron chi connectivity index (χ1n) is 18.2. The maximum atomic E-state index is 6.59. The molecular weight excluding hydrogens is 677 g/mol. The molecule has 0 radical (unpaired) electrons. The molecule has 9 aromatic carbocycles. The molecule has 1 atom stereocenters. The summed E-state index contributed by atoms with van der Waals surface area (Å²) in [5, 5.41) is 17.0. The average Bonchev–Trinajstić information content (AvgIpc) is 3.24. The summed E-state index contributed by atoms with van der Waals surface area (Å²) in [5.74, 6) is 0.954. The van der Waals surface area contributed by atoms with Crippen molar-refractivity contribution in [3.63, 3.8) is 0 Å². The molecule has 0 aliphatic heterocycles. The van der Waals surface area contributed by atoms with Crippen LogP contribution in [0.4, 0.5) is 0 Å². The summed E-state index contributed by atoms with van der Waals surface area (Å²) in [4.78, 5) is 0. The third kappa shape index (κ3) is 5.92. The van der Waals surface area contributed by atoms with Crippen LogP contribution < -0.4 is 36.6 Å². The van der Waals surface area contributed by atoms with Gasteiger partial charge in [-0.25, -0.2) is 0 Å². The smallest absolute Gasteiger partial charge is 0.00253 e. The van der Waals surface area contributed by atoms with Crippen molar-refractivity contribution in [2.45, 2.75) is 6.42 Å². The second kappa shape index (κ2) is 14.3. The molecule has 0 fully saturated rings. The Kier molecular flexibility index (Phi) is 9.05. The second-order valence-electron chi connectivity index (χ2n) is 13.6. The summed E-state index contributed by atoms with van der Waals surface area (Å²) in [5.41, 5.74) is 0. The van der Waals surface area contributed by atoms with Crippen LogP contribution in [0.5, 0.6) is 5.75 Å². The molecule has 0 saturated heterocycles. The van der Waals surface area contributed by atoms with E-state index in [1.54, 1.807) is 0 Å². The van der Waals surface area contributed by atoms with Crippen LogP contribution in [0.1, 0.15) is 6.42 Å². The van der Waals surface area contributed by atoms with E-state index in [0.717, 1.165) is 18.3 Å². The molecule has 0 heterocycles. The van der Waals surface area contributed by atoms with E-state index in [0.29, 0.717) is 6.61 Å². The molecule has 0 aliphatic rings. The van der Waals surface area contributed by atoms with Gasteiger partial charge in [0.25, 0.3) is 0 Å². The SMILES string of the molecule is [BH3-][P+](c1ccccc1)(c1ccc(OCCC[PH](c2ccccc2)(c2ccccc2)c2ccccc2)cc1)c1ccc2ccc3cccc4ccc1c2c34. The Morgan fingerprint density at radius 2 is 0.906 bits per heavy atom. The standard InChI is InChI=1S/C49H43BOP2/c50-53(44-23-11-4-12-24-44,47-34-28-39-26-25-37-15-13-16-38-27-33-46(47)49(39)48(37)38)45-31-29-40(30-32-45)51-35-14-36-52(41-17-5-1-6-18-41,42-19-7-2-8-20-42)43-21-9-3-10-22-43/h1-13,15-34,52H,14,35-36H2,50H3. The first kappa shape index (κ1) is 33.6. The van der Waals surface area contributed by atoms with E-state index in [-0.39, 0.29) is 7.57 Å². The van der Waals surface area contributed by atoms with Gasteiger partial charge in [-0.15, -0.1) is 0 Å². The Morgan fingerprint density at radius 1 is 0.434 bits per heavy atom. The molecule has 258 valence electrons. The van der Waals surface area contributed by atoms with Crippen molar-refractivity contribution in [2.24, 2.45) is 0 Å². The zero-order valence-corrected chi connectivity index (χ0v) is 30.9. The predicted molar refractivity (Wildman–Crippen MR) is 240 cm³/mol. The van der Waals surface area contributed by atoms with E-state index in [9.17, 15) is 0 Å². The Labute approximate surface area is 314 Å². The van der Waals surface area contributed by atoms with Crippen molar-refractivity contribution >= 4 is 86.1 Å². The normalized spacial score (nSPS) is 13.3. The van der Waals surface area contributed by atoms with Crippen LogP contribution in [0.3, 0.4) is 0 Å². The van der Waals surface area contributed by atoms with E-state index >= 15 is 0 Å². The third-order valence-corrected chi connectivity index (χ3v) is 18.2. The number of rotatable bonds is 11. The molecule has 1 unspecified atom stereocenters. The van der Waals surface area contributed by atoms with Gasteiger partial charge in [0, 0.05) is 0 Å². The third-order valence-electron chi connectivity index (χ3n) is 10.6. The Bertz CT molecular complexity index is 2500. The van der Waals surface area contributed by atoms with Crippen LogP contribution in [0.15, 0.2) is 200 Å². The first-order chi connectivity index (χ1) is 26.2. The van der Waals surface area contributed by atoms with Crippen molar-refractivity contribution in [2.75, 3.05) is 12.8 Å². The van der Waals surface area contributed by atoms with E-state index in [1.807, 2.05) is 0 Å². The summed E-state index contributed by atoms with van der Waals surface area (Å²) >= 11 is 0. The van der Waals surface area contributed by atoms with Gasteiger partial charge in [0.05, 0.1) is 0 Å². The van der Waals surface area contributed by atoms with Crippen molar-refractivity contribution in [1.82, 2.24) is 0 Å². The molecule has 0 spiro atoms. The summed E-state index contributed by atoms with van der Waals surface area (Å²) in [6.45, 7) is 0.683. The maximum absolute atomic E-state index is 6.59. The van der Waals surface area contributed by atoms with Crippen molar-refractivity contribution in [1.29, 1.82) is 0 Å². The van der Waals surface area contributed by atoms with Crippen molar-refractivity contribution < 1.29 is 4.74 Å². The van der Waals surface area contributed by atoms with Crippen LogP contribution in [0.25, 0.3) is 32.3 Å². The van der Waals surface area contributed by atoms with E-state index in [1.165, 1.54) is 64.1 Å². The van der Waals surface area contributed by atoms with Crippen LogP contribution in [-0.2, 0) is 0 Å². The molecule has 53 heavy (non-hydrogen) atoms. The molecule has 0 amide bonds. The predicted octanol–water partition coefficient (Wildman–Crippen LogP) is 8.65. The zero-order chi connectivity index (χ0) is 35.7. The van der Waals surface area contributed by atoms with Gasteiger partial charge in [-0.2, -0.15) is 0 Å². The van der Waals surface area contributed by atoms with Crippen LogP contribution in [0.2, 0.25) is 0 Å². The minimum Gasteiger partial charge on any atom is -0.00253 e. The number of hydrogen-bond donors (Lipinski definition) is 0. The molecule has 0 saturated carbocycles. The quantitative estimate of drug-likeness (QED) is 0.0563. The minimum atomic E-state index is -2.29. The number of benzene rings is 9. The molecule has 0 bridgehead atoms. The van der Waals surface area contributed by atoms with E-state index < -0.39 is 14.4 Å². The summed E-state index contributed by atoms with van der Waals surface area (Å²) in [7, 11) is -4.22. The average molecular weight is 721 g/mol. The fraction of sp³-hybridized carbons (Fsp3) is 0.0612. The van der Waals surface area contributed by atoms with E-state index in [4.69, 9.17) is 4.74 Å². The number of hydrogen-bond acceptors (Lipinski definition) is 1. The molecule has 0 aliphatic carbocycles. The van der Waals surface area contributed by atoms with Gasteiger partial charge in [-0.05, 0) is 21.5 Å². The van der Waals surface area contributed by atoms with E-state index in [2.05, 4.69) is 200 Å². The summed E-state index contributed by atoms with van der Waals surface area (Å²) in [6, 6.07) is 75.1. The summed E-state index contributed by atoms with van der Waals surface area (Å²) < 4.78 is 6.59. The minimum absolute atomic E-state index is 0.173. The fourth-order valence-electron chi connectivity index (χ4n) is 8.24. The zero-order valence-electron chi connectivity index (χ0n) is 29.0. The molecule has 4 heteroatoms. The second-order valence-corrected chi connectivity index (χ2v) is 19.8. The molecule has 9 rings (SSSR count). The molecule has 0 aromatic heterocycles. The van der Waals surface area contributed by atoms with Crippen molar-refractivity contribution in [3.8, 4) is 5.75 Å². The Morgan fingerprint density at radius 3 is 1.47 bits per heavy atom. The monoisotopic (exact) mass is 720 g/mol.